The van der Waals surface area contributed by atoms with Crippen LogP contribution in [0.1, 0.15) is 31.0 Å². The molecule has 11 nitrogen and oxygen atoms in total. The zero-order valence-corrected chi connectivity index (χ0v) is 24.0. The minimum atomic E-state index is -4.82. The number of nitrogens with zero attached hydrogens (tertiary/aromatic N) is 1. The number of hydrogen-bond acceptors (Lipinski definition) is 9. The third-order valence-corrected chi connectivity index (χ3v) is 7.45. The lowest BCUT2D eigenvalue weighted by molar-refractivity contribution is -0.517. The number of benzene rings is 5. The molecular weight excluding hydrogens is 578 g/mol. The van der Waals surface area contributed by atoms with E-state index in [2.05, 4.69) is 0 Å². The predicted octanol–water partition coefficient (Wildman–Crippen LogP) is 6.21. The Bertz CT molecular complexity index is 1870. The molecule has 12 heteroatoms. The normalized spacial score (nSPS) is 11.9. The topological polar surface area (TPSA) is 177 Å². The van der Waals surface area contributed by atoms with Gasteiger partial charge in [0, 0.05) is 32.0 Å². The van der Waals surface area contributed by atoms with Gasteiger partial charge in [-0.25, -0.2) is 0 Å². The van der Waals surface area contributed by atoms with Crippen molar-refractivity contribution >= 4 is 31.7 Å². The molecule has 0 spiro atoms. The number of hydrogen-bond donors (Lipinski definition) is 4. The van der Waals surface area contributed by atoms with E-state index in [9.17, 15) is 23.1 Å². The Balaban J connectivity index is 0.000000403. The number of phenolic OH excluding ortho intramolecular Hbond substituents is 3. The van der Waals surface area contributed by atoms with Gasteiger partial charge in [-0.2, -0.15) is 8.42 Å². The highest BCUT2D eigenvalue weighted by molar-refractivity contribution is 7.85. The molecule has 0 saturated carbocycles. The van der Waals surface area contributed by atoms with Gasteiger partial charge in [0.05, 0.1) is 18.8 Å². The van der Waals surface area contributed by atoms with Crippen LogP contribution in [0.4, 0.5) is 0 Å². The first-order valence-electron chi connectivity index (χ1n) is 13.1. The molecule has 0 saturated heterocycles. The van der Waals surface area contributed by atoms with Crippen molar-refractivity contribution < 1.29 is 42.7 Å². The fourth-order valence-corrected chi connectivity index (χ4v) is 5.56. The highest BCUT2D eigenvalue weighted by atomic mass is 32.2. The lowest BCUT2D eigenvalue weighted by Gasteiger charge is -2.22. The molecule has 0 aromatic heterocycles. The third kappa shape index (κ3) is 6.25. The molecule has 0 aliphatic rings. The molecular formula is C31H29NO10S. The van der Waals surface area contributed by atoms with E-state index in [0.29, 0.717) is 28.9 Å². The molecule has 4 N–H and O–H groups in total. The van der Waals surface area contributed by atoms with Crippen molar-refractivity contribution in [1.29, 1.82) is 0 Å². The van der Waals surface area contributed by atoms with E-state index in [-0.39, 0.29) is 34.6 Å². The van der Waals surface area contributed by atoms with Crippen molar-refractivity contribution in [3.8, 4) is 28.7 Å². The fraction of sp³-hybridized carbons (Fsp3) is 0.161. The molecule has 0 radical (unpaired) electrons. The number of fused-ring (bicyclic) bond motifs is 2. The molecule has 1 unspecified atom stereocenters. The molecule has 0 aliphatic heterocycles. The van der Waals surface area contributed by atoms with Crippen molar-refractivity contribution in [2.75, 3.05) is 13.2 Å². The van der Waals surface area contributed by atoms with E-state index in [1.54, 1.807) is 49.4 Å². The number of nitro groups is 1. The Kier molecular flexibility index (Phi) is 9.22. The molecule has 0 fully saturated rings. The average molecular weight is 608 g/mol. The summed E-state index contributed by atoms with van der Waals surface area (Å²) in [6, 6.07) is 20.4. The van der Waals surface area contributed by atoms with Gasteiger partial charge in [0.1, 0.15) is 16.4 Å². The predicted molar refractivity (Wildman–Crippen MR) is 160 cm³/mol. The van der Waals surface area contributed by atoms with Crippen LogP contribution in [0.2, 0.25) is 0 Å². The minimum absolute atomic E-state index is 0.175. The molecule has 5 rings (SSSR count). The maximum Gasteiger partial charge on any atom is 0.295 e. The summed E-state index contributed by atoms with van der Waals surface area (Å²) in [5.74, 6) is -0.350. The van der Waals surface area contributed by atoms with Crippen molar-refractivity contribution in [2.45, 2.75) is 24.8 Å². The number of ether oxygens (including phenoxy) is 2. The smallest absolute Gasteiger partial charge is 0.295 e. The summed E-state index contributed by atoms with van der Waals surface area (Å²) >= 11 is 0. The highest BCUT2D eigenvalue weighted by Crippen LogP contribution is 2.48. The average Bonchev–Trinajstić information content (AvgIpc) is 2.97. The van der Waals surface area contributed by atoms with E-state index in [1.165, 1.54) is 30.3 Å². The molecule has 0 bridgehead atoms. The molecule has 224 valence electrons. The summed E-state index contributed by atoms with van der Waals surface area (Å²) in [6.07, 6.45) is 0. The summed E-state index contributed by atoms with van der Waals surface area (Å²) in [4.78, 5) is 11.3. The standard InChI is InChI=1S/C25H23NO7S.C6H6O3/c1-3-32-24-17-12-8-9-13-18(17)25(33-4-2)21-19(24)14-15-20(34(29,30)31)22(21)23(26(27)28)16-10-6-5-7-11-16;7-4-2-1-3-5(8)6(4)9/h5-15,23H,3-4H2,1-2H3,(H,29,30,31);1-3,7-9H. The molecule has 0 amide bonds. The van der Waals surface area contributed by atoms with Crippen LogP contribution in [-0.4, -0.2) is 46.4 Å². The number of para-hydroxylation sites is 1. The van der Waals surface area contributed by atoms with Crippen molar-refractivity contribution in [2.24, 2.45) is 0 Å². The summed E-state index contributed by atoms with van der Waals surface area (Å²) in [5.41, 5.74) is 0.0878. The highest BCUT2D eigenvalue weighted by Gasteiger charge is 2.36. The Morgan fingerprint density at radius 3 is 1.79 bits per heavy atom. The number of aromatic hydroxyl groups is 3. The van der Waals surface area contributed by atoms with E-state index < -0.39 is 31.7 Å². The van der Waals surface area contributed by atoms with Crippen LogP contribution in [0.15, 0.2) is 89.8 Å². The molecule has 43 heavy (non-hydrogen) atoms. The second-order valence-electron chi connectivity index (χ2n) is 9.19. The fourth-order valence-electron chi connectivity index (χ4n) is 4.83. The summed E-state index contributed by atoms with van der Waals surface area (Å²) in [7, 11) is -4.82. The van der Waals surface area contributed by atoms with Crippen LogP contribution in [0.3, 0.4) is 0 Å². The first kappa shape index (κ1) is 30.9. The van der Waals surface area contributed by atoms with Crippen LogP contribution in [-0.2, 0) is 10.1 Å². The monoisotopic (exact) mass is 607 g/mol. The van der Waals surface area contributed by atoms with E-state index in [1.807, 2.05) is 19.1 Å². The van der Waals surface area contributed by atoms with E-state index in [0.717, 1.165) is 5.39 Å². The van der Waals surface area contributed by atoms with Gasteiger partial charge in [-0.05, 0) is 38.1 Å². The van der Waals surface area contributed by atoms with Crippen LogP contribution in [0.25, 0.3) is 21.5 Å². The van der Waals surface area contributed by atoms with E-state index >= 15 is 0 Å². The largest absolute Gasteiger partial charge is 0.504 e. The van der Waals surface area contributed by atoms with Crippen LogP contribution >= 0.6 is 0 Å². The van der Waals surface area contributed by atoms with Crippen LogP contribution in [0, 0.1) is 10.1 Å². The van der Waals surface area contributed by atoms with Crippen LogP contribution in [0.5, 0.6) is 28.7 Å². The lowest BCUT2D eigenvalue weighted by atomic mass is 9.90. The first-order valence-corrected chi connectivity index (χ1v) is 14.6. The Morgan fingerprint density at radius 1 is 0.744 bits per heavy atom. The number of rotatable bonds is 8. The van der Waals surface area contributed by atoms with Gasteiger partial charge in [-0.15, -0.1) is 0 Å². The molecule has 0 aliphatic carbocycles. The Hall–Kier alpha value is -5.07. The van der Waals surface area contributed by atoms with Crippen molar-refractivity contribution in [3.05, 3.63) is 106 Å². The zero-order valence-electron chi connectivity index (χ0n) is 23.2. The molecule has 5 aromatic carbocycles. The summed E-state index contributed by atoms with van der Waals surface area (Å²) in [6.45, 7) is 4.14. The first-order chi connectivity index (χ1) is 20.5. The lowest BCUT2D eigenvalue weighted by Crippen LogP contribution is -2.17. The second kappa shape index (κ2) is 12.8. The summed E-state index contributed by atoms with van der Waals surface area (Å²) in [5, 5.41) is 40.5. The second-order valence-corrected chi connectivity index (χ2v) is 10.6. The van der Waals surface area contributed by atoms with Gasteiger partial charge < -0.3 is 24.8 Å². The van der Waals surface area contributed by atoms with Gasteiger partial charge in [0.15, 0.2) is 17.2 Å². The third-order valence-electron chi connectivity index (χ3n) is 6.54. The minimum Gasteiger partial charge on any atom is -0.504 e. The van der Waals surface area contributed by atoms with Crippen molar-refractivity contribution in [1.82, 2.24) is 0 Å². The SMILES string of the molecule is CCOc1c2ccccc2c(OCC)c2c(C(c3ccccc3)[N+](=O)[O-])c(S(=O)(=O)O)ccc12.Oc1cccc(O)c1O. The Morgan fingerprint density at radius 2 is 1.28 bits per heavy atom. The van der Waals surface area contributed by atoms with Gasteiger partial charge >= 0.3 is 0 Å². The maximum absolute atomic E-state index is 12.5. The van der Waals surface area contributed by atoms with Crippen LogP contribution < -0.4 is 9.47 Å². The quantitative estimate of drug-likeness (QED) is 0.0521. The maximum atomic E-state index is 12.5. The van der Waals surface area contributed by atoms with Gasteiger partial charge in [0.25, 0.3) is 16.2 Å². The molecule has 5 aromatic rings. The molecule has 1 atom stereocenters. The zero-order chi connectivity index (χ0) is 31.3. The Labute approximate surface area is 247 Å². The molecule has 0 heterocycles. The van der Waals surface area contributed by atoms with E-state index in [4.69, 9.17) is 24.8 Å². The van der Waals surface area contributed by atoms with Gasteiger partial charge in [-0.3, -0.25) is 14.7 Å². The van der Waals surface area contributed by atoms with Gasteiger partial charge in [0.2, 0.25) is 0 Å². The van der Waals surface area contributed by atoms with Crippen molar-refractivity contribution in [3.63, 3.8) is 0 Å². The van der Waals surface area contributed by atoms with Gasteiger partial charge in [-0.1, -0.05) is 60.7 Å². The number of phenols is 3. The summed E-state index contributed by atoms with van der Waals surface area (Å²) < 4.78 is 47.0.